The highest BCUT2D eigenvalue weighted by Gasteiger charge is 2.36. The first kappa shape index (κ1) is 14.8. The average Bonchev–Trinajstić information content (AvgIpc) is 2.75. The fourth-order valence-electron chi connectivity index (χ4n) is 3.67. The highest BCUT2D eigenvalue weighted by Crippen LogP contribution is 2.35. The molecule has 0 aromatic carbocycles. The summed E-state index contributed by atoms with van der Waals surface area (Å²) < 4.78 is 0. The second-order valence-electron chi connectivity index (χ2n) is 6.75. The van der Waals surface area contributed by atoms with Crippen molar-refractivity contribution >= 4 is 5.91 Å². The van der Waals surface area contributed by atoms with Crippen LogP contribution in [0.25, 0.3) is 0 Å². The van der Waals surface area contributed by atoms with Gasteiger partial charge in [0.2, 0.25) is 5.91 Å². The van der Waals surface area contributed by atoms with E-state index in [0.29, 0.717) is 18.0 Å². The highest BCUT2D eigenvalue weighted by atomic mass is 16.1. The van der Waals surface area contributed by atoms with Crippen LogP contribution in [-0.4, -0.2) is 49.6 Å². The van der Waals surface area contributed by atoms with Crippen molar-refractivity contribution in [2.24, 2.45) is 5.92 Å². The third-order valence-electron chi connectivity index (χ3n) is 4.95. The molecule has 4 heteroatoms. The van der Waals surface area contributed by atoms with E-state index < -0.39 is 0 Å². The van der Waals surface area contributed by atoms with Crippen molar-refractivity contribution in [1.29, 1.82) is 0 Å². The molecule has 0 spiro atoms. The third-order valence-corrected chi connectivity index (χ3v) is 4.95. The maximum atomic E-state index is 11.2. The normalized spacial score (nSPS) is 35.7. The van der Waals surface area contributed by atoms with Crippen LogP contribution in [-0.2, 0) is 4.79 Å². The van der Waals surface area contributed by atoms with Crippen molar-refractivity contribution in [2.45, 2.75) is 57.0 Å². The molecule has 2 fully saturated rings. The second-order valence-corrected chi connectivity index (χ2v) is 6.75. The predicted octanol–water partition coefficient (Wildman–Crippen LogP) is 1.37. The first-order valence-electron chi connectivity index (χ1n) is 7.69. The van der Waals surface area contributed by atoms with Crippen molar-refractivity contribution in [1.82, 2.24) is 15.5 Å². The molecule has 1 saturated heterocycles. The van der Waals surface area contributed by atoms with E-state index in [0.717, 1.165) is 25.4 Å². The zero-order valence-corrected chi connectivity index (χ0v) is 12.7. The molecule has 19 heavy (non-hydrogen) atoms. The molecule has 4 nitrogen and oxygen atoms in total. The van der Waals surface area contributed by atoms with Crippen molar-refractivity contribution in [3.63, 3.8) is 0 Å². The number of amides is 1. The van der Waals surface area contributed by atoms with Crippen LogP contribution in [0.5, 0.6) is 0 Å². The van der Waals surface area contributed by atoms with Crippen LogP contribution in [0.15, 0.2) is 0 Å². The van der Waals surface area contributed by atoms with Gasteiger partial charge in [0, 0.05) is 31.1 Å². The molecule has 0 aromatic rings. The molecule has 0 aromatic heterocycles. The fraction of sp³-hybridized carbons (Fsp3) is 0.933. The van der Waals surface area contributed by atoms with Crippen LogP contribution in [0.2, 0.25) is 0 Å². The minimum atomic E-state index is 0.209. The highest BCUT2D eigenvalue weighted by molar-refractivity contribution is 5.78. The molecule has 2 aliphatic rings. The van der Waals surface area contributed by atoms with E-state index in [9.17, 15) is 4.79 Å². The van der Waals surface area contributed by atoms with Crippen LogP contribution < -0.4 is 10.6 Å². The third kappa shape index (κ3) is 3.69. The number of carbonyl (C=O) groups excluding carboxylic acids is 1. The molecular formula is C15H29N3O. The van der Waals surface area contributed by atoms with Crippen LogP contribution in [0, 0.1) is 5.92 Å². The average molecular weight is 267 g/mol. The van der Waals surface area contributed by atoms with Crippen LogP contribution in [0.3, 0.4) is 0 Å². The minimum absolute atomic E-state index is 0.209. The predicted molar refractivity (Wildman–Crippen MR) is 78.1 cm³/mol. The summed E-state index contributed by atoms with van der Waals surface area (Å²) in [6.07, 6.45) is 6.95. The van der Waals surface area contributed by atoms with E-state index in [1.807, 2.05) is 0 Å². The number of carbonyl (C=O) groups is 1. The summed E-state index contributed by atoms with van der Waals surface area (Å²) in [7, 11) is 4.41. The Kier molecular flexibility index (Phi) is 4.85. The topological polar surface area (TPSA) is 44.4 Å². The number of likely N-dealkylation sites (N-methyl/N-ethyl adjacent to an activating group) is 1. The smallest absolute Gasteiger partial charge is 0.220 e. The van der Waals surface area contributed by atoms with Gasteiger partial charge in [-0.1, -0.05) is 19.8 Å². The van der Waals surface area contributed by atoms with Crippen LogP contribution in [0.1, 0.15) is 45.4 Å². The lowest BCUT2D eigenvalue weighted by Crippen LogP contribution is -2.55. The standard InChI is InChI=1S/C15H29N3O/c1-12-5-4-8-15(9-12,18(2)3)11-16-10-13-6-7-14(19)17-13/h12-13,16H,4-11H2,1-3H3,(H,17,19). The van der Waals surface area contributed by atoms with E-state index in [2.05, 4.69) is 36.6 Å². The molecular weight excluding hydrogens is 238 g/mol. The van der Waals surface area contributed by atoms with Crippen molar-refractivity contribution in [2.75, 3.05) is 27.2 Å². The summed E-state index contributed by atoms with van der Waals surface area (Å²) in [5.41, 5.74) is 0.306. The quantitative estimate of drug-likeness (QED) is 0.790. The second kappa shape index (κ2) is 6.23. The Morgan fingerprint density at radius 1 is 1.42 bits per heavy atom. The molecule has 110 valence electrons. The molecule has 1 amide bonds. The monoisotopic (exact) mass is 267 g/mol. The number of nitrogens with one attached hydrogen (secondary N) is 2. The Balaban J connectivity index is 1.82. The van der Waals surface area contributed by atoms with Gasteiger partial charge in [-0.15, -0.1) is 0 Å². The van der Waals surface area contributed by atoms with Gasteiger partial charge in [0.15, 0.2) is 0 Å². The first-order chi connectivity index (χ1) is 9.02. The van der Waals surface area contributed by atoms with Crippen LogP contribution in [0.4, 0.5) is 0 Å². The molecule has 1 aliphatic carbocycles. The zero-order valence-electron chi connectivity index (χ0n) is 12.7. The van der Waals surface area contributed by atoms with Gasteiger partial charge in [0.25, 0.3) is 0 Å². The van der Waals surface area contributed by atoms with Gasteiger partial charge in [0.05, 0.1) is 0 Å². The molecule has 0 bridgehead atoms. The summed E-state index contributed by atoms with van der Waals surface area (Å²) >= 11 is 0. The number of hydrogen-bond acceptors (Lipinski definition) is 3. The van der Waals surface area contributed by atoms with Gasteiger partial charge in [-0.2, -0.15) is 0 Å². The Morgan fingerprint density at radius 3 is 2.79 bits per heavy atom. The Hall–Kier alpha value is -0.610. The lowest BCUT2D eigenvalue weighted by Gasteiger charge is -2.45. The number of nitrogens with zero attached hydrogens (tertiary/aromatic N) is 1. The molecule has 3 unspecified atom stereocenters. The van der Waals surface area contributed by atoms with E-state index in [4.69, 9.17) is 0 Å². The number of hydrogen-bond donors (Lipinski definition) is 2. The lowest BCUT2D eigenvalue weighted by molar-refractivity contribution is -0.119. The molecule has 1 heterocycles. The van der Waals surface area contributed by atoms with Crippen LogP contribution >= 0.6 is 0 Å². The maximum Gasteiger partial charge on any atom is 0.220 e. The zero-order chi connectivity index (χ0) is 13.9. The Labute approximate surface area is 117 Å². The van der Waals surface area contributed by atoms with E-state index in [1.165, 1.54) is 25.7 Å². The summed E-state index contributed by atoms with van der Waals surface area (Å²) in [5, 5.41) is 6.63. The van der Waals surface area contributed by atoms with Gasteiger partial charge in [0.1, 0.15) is 0 Å². The van der Waals surface area contributed by atoms with E-state index in [-0.39, 0.29) is 5.91 Å². The van der Waals surface area contributed by atoms with E-state index >= 15 is 0 Å². The fourth-order valence-corrected chi connectivity index (χ4v) is 3.67. The molecule has 3 atom stereocenters. The van der Waals surface area contributed by atoms with E-state index in [1.54, 1.807) is 0 Å². The maximum absolute atomic E-state index is 11.2. The Bertz CT molecular complexity index is 319. The molecule has 1 aliphatic heterocycles. The molecule has 0 radical (unpaired) electrons. The number of rotatable bonds is 5. The lowest BCUT2D eigenvalue weighted by atomic mass is 9.75. The van der Waals surface area contributed by atoms with Gasteiger partial charge in [-0.05, 0) is 39.3 Å². The summed E-state index contributed by atoms with van der Waals surface area (Å²) in [5.74, 6) is 1.03. The molecule has 2 rings (SSSR count). The van der Waals surface area contributed by atoms with Gasteiger partial charge < -0.3 is 15.5 Å². The minimum Gasteiger partial charge on any atom is -0.352 e. The van der Waals surface area contributed by atoms with Crippen molar-refractivity contribution < 1.29 is 4.79 Å². The van der Waals surface area contributed by atoms with Gasteiger partial charge in [-0.25, -0.2) is 0 Å². The van der Waals surface area contributed by atoms with Gasteiger partial charge >= 0.3 is 0 Å². The Morgan fingerprint density at radius 2 is 2.21 bits per heavy atom. The van der Waals surface area contributed by atoms with Crippen molar-refractivity contribution in [3.8, 4) is 0 Å². The van der Waals surface area contributed by atoms with Gasteiger partial charge in [-0.3, -0.25) is 4.79 Å². The summed E-state index contributed by atoms with van der Waals surface area (Å²) in [6, 6.07) is 0.340. The largest absolute Gasteiger partial charge is 0.352 e. The summed E-state index contributed by atoms with van der Waals surface area (Å²) in [6.45, 7) is 4.32. The molecule has 1 saturated carbocycles. The van der Waals surface area contributed by atoms with Crippen molar-refractivity contribution in [3.05, 3.63) is 0 Å². The molecule has 2 N–H and O–H groups in total. The SMILES string of the molecule is CC1CCCC(CNCC2CCC(=O)N2)(N(C)C)C1. The summed E-state index contributed by atoms with van der Waals surface area (Å²) in [4.78, 5) is 13.6. The first-order valence-corrected chi connectivity index (χ1v) is 7.69.